The van der Waals surface area contributed by atoms with Crippen LogP contribution in [0.15, 0.2) is 16.0 Å². The van der Waals surface area contributed by atoms with Gasteiger partial charge in [-0.05, 0) is 6.92 Å². The van der Waals surface area contributed by atoms with Gasteiger partial charge in [0, 0.05) is 6.07 Å². The lowest BCUT2D eigenvalue weighted by Gasteiger charge is -1.92. The fourth-order valence-electron chi connectivity index (χ4n) is 0.863. The predicted molar refractivity (Wildman–Crippen MR) is 43.1 cm³/mol. The number of fused-ring (bicyclic) bond motifs is 1. The summed E-state index contributed by atoms with van der Waals surface area (Å²) in [4.78, 5) is 3.99. The summed E-state index contributed by atoms with van der Waals surface area (Å²) >= 11 is 1.55. The summed E-state index contributed by atoms with van der Waals surface area (Å²) in [6.07, 6.45) is 0. The number of thiazole rings is 1. The molecule has 0 aliphatic carbocycles. The first-order valence-corrected chi connectivity index (χ1v) is 4.24. The molecule has 0 radical (unpaired) electrons. The quantitative estimate of drug-likeness (QED) is 0.691. The third-order valence-electron chi connectivity index (χ3n) is 1.29. The minimum absolute atomic E-state index is 0.557. The highest BCUT2D eigenvalue weighted by Crippen LogP contribution is 2.26. The van der Waals surface area contributed by atoms with E-state index >= 15 is 0 Å². The van der Waals surface area contributed by atoms with Gasteiger partial charge in [-0.15, -0.1) is 11.3 Å². The molecular weight excluding hydrogens is 162 g/mol. The van der Waals surface area contributed by atoms with Crippen LogP contribution >= 0.6 is 11.3 Å². The molecule has 0 aliphatic rings. The fourth-order valence-corrected chi connectivity index (χ4v) is 1.48. The normalized spacial score (nSPS) is 10.6. The molecule has 3 nitrogen and oxygen atoms in total. The highest BCUT2D eigenvalue weighted by molar-refractivity contribution is 7.16. The van der Waals surface area contributed by atoms with Gasteiger partial charge in [0.05, 0.1) is 16.8 Å². The van der Waals surface area contributed by atoms with Gasteiger partial charge in [0.25, 0.3) is 5.95 Å². The van der Waals surface area contributed by atoms with Crippen LogP contribution in [0.2, 0.25) is 0 Å². The Hall–Kier alpha value is -1.03. The Kier molecular flexibility index (Phi) is 1.54. The number of nitrogens with zero attached hydrogens (tertiary/aromatic N) is 1. The van der Waals surface area contributed by atoms with Crippen molar-refractivity contribution < 1.29 is 9.15 Å². The molecule has 2 heterocycles. The summed E-state index contributed by atoms with van der Waals surface area (Å²) in [6.45, 7) is 2.55. The molecule has 0 N–H and O–H groups in total. The van der Waals surface area contributed by atoms with Gasteiger partial charge in [0.1, 0.15) is 0 Å². The van der Waals surface area contributed by atoms with E-state index in [1.807, 2.05) is 13.0 Å². The van der Waals surface area contributed by atoms with Gasteiger partial charge in [-0.25, -0.2) is 4.98 Å². The molecule has 0 unspecified atom stereocenters. The van der Waals surface area contributed by atoms with E-state index in [9.17, 15) is 0 Å². The molecule has 4 heteroatoms. The predicted octanol–water partition coefficient (Wildman–Crippen LogP) is 2.29. The van der Waals surface area contributed by atoms with Crippen LogP contribution in [0.3, 0.4) is 0 Å². The van der Waals surface area contributed by atoms with Crippen molar-refractivity contribution in [1.29, 1.82) is 0 Å². The second kappa shape index (κ2) is 2.54. The largest absolute Gasteiger partial charge is 0.465 e. The summed E-state index contributed by atoms with van der Waals surface area (Å²) in [5, 5.41) is 0. The molecule has 0 saturated carbocycles. The van der Waals surface area contributed by atoms with E-state index in [2.05, 4.69) is 4.98 Å². The fraction of sp³-hybridized carbons (Fsp3) is 0.286. The molecule has 0 spiro atoms. The van der Waals surface area contributed by atoms with Gasteiger partial charge in [-0.3, -0.25) is 0 Å². The minimum atomic E-state index is 0.557. The van der Waals surface area contributed by atoms with Crippen molar-refractivity contribution in [2.24, 2.45) is 0 Å². The lowest BCUT2D eigenvalue weighted by atomic mass is 10.6. The Balaban J connectivity index is 2.42. The number of furan rings is 1. The molecular formula is C7H7NO2S. The Morgan fingerprint density at radius 1 is 1.73 bits per heavy atom. The van der Waals surface area contributed by atoms with Gasteiger partial charge in [-0.1, -0.05) is 0 Å². The molecule has 0 atom stereocenters. The van der Waals surface area contributed by atoms with Crippen molar-refractivity contribution in [1.82, 2.24) is 4.98 Å². The summed E-state index contributed by atoms with van der Waals surface area (Å²) in [5.74, 6) is 0.557. The zero-order chi connectivity index (χ0) is 7.68. The van der Waals surface area contributed by atoms with Crippen LogP contribution in [0.4, 0.5) is 0 Å². The first-order valence-electron chi connectivity index (χ1n) is 3.36. The molecule has 2 aromatic heterocycles. The van der Waals surface area contributed by atoms with Gasteiger partial charge in [-0.2, -0.15) is 0 Å². The Labute approximate surface area is 67.6 Å². The molecule has 2 aromatic rings. The van der Waals surface area contributed by atoms with Crippen molar-refractivity contribution in [3.8, 4) is 5.95 Å². The molecule has 0 bridgehead atoms. The van der Waals surface area contributed by atoms with E-state index in [1.165, 1.54) is 0 Å². The average molecular weight is 169 g/mol. The van der Waals surface area contributed by atoms with Crippen LogP contribution in [-0.4, -0.2) is 11.6 Å². The molecule has 58 valence electrons. The lowest BCUT2D eigenvalue weighted by Crippen LogP contribution is -1.87. The zero-order valence-electron chi connectivity index (χ0n) is 6.03. The summed E-state index contributed by atoms with van der Waals surface area (Å²) < 4.78 is 11.4. The number of ether oxygens (including phenoxy) is 1. The van der Waals surface area contributed by atoms with E-state index in [-0.39, 0.29) is 0 Å². The van der Waals surface area contributed by atoms with E-state index < -0.39 is 0 Å². The van der Waals surface area contributed by atoms with Crippen LogP contribution in [0, 0.1) is 0 Å². The first kappa shape index (κ1) is 6.67. The molecule has 2 rings (SSSR count). The molecule has 0 saturated heterocycles. The van der Waals surface area contributed by atoms with Crippen molar-refractivity contribution in [3.63, 3.8) is 0 Å². The highest BCUT2D eigenvalue weighted by atomic mass is 32.1. The highest BCUT2D eigenvalue weighted by Gasteiger charge is 2.04. The SMILES string of the molecule is CCOc1cc2scnc2o1. The van der Waals surface area contributed by atoms with E-state index in [0.717, 1.165) is 4.70 Å². The molecule has 0 fully saturated rings. The molecule has 11 heavy (non-hydrogen) atoms. The average Bonchev–Trinajstić information content (AvgIpc) is 2.46. The van der Waals surface area contributed by atoms with Crippen molar-refractivity contribution in [3.05, 3.63) is 11.6 Å². The second-order valence-corrected chi connectivity index (χ2v) is 2.91. The van der Waals surface area contributed by atoms with Crippen LogP contribution in [0.25, 0.3) is 10.4 Å². The van der Waals surface area contributed by atoms with Crippen molar-refractivity contribution in [2.45, 2.75) is 6.92 Å². The first-order chi connectivity index (χ1) is 5.40. The summed E-state index contributed by atoms with van der Waals surface area (Å²) in [5.41, 5.74) is 2.42. The smallest absolute Gasteiger partial charge is 0.287 e. The summed E-state index contributed by atoms with van der Waals surface area (Å²) in [6, 6.07) is 1.86. The van der Waals surface area contributed by atoms with Crippen LogP contribution in [0.1, 0.15) is 6.92 Å². The third-order valence-corrected chi connectivity index (χ3v) is 2.05. The van der Waals surface area contributed by atoms with E-state index in [1.54, 1.807) is 16.8 Å². The Morgan fingerprint density at radius 2 is 2.64 bits per heavy atom. The third kappa shape index (κ3) is 1.09. The van der Waals surface area contributed by atoms with Crippen LogP contribution in [-0.2, 0) is 0 Å². The maximum Gasteiger partial charge on any atom is 0.287 e. The monoisotopic (exact) mass is 169 g/mol. The second-order valence-electron chi connectivity index (χ2n) is 2.02. The lowest BCUT2D eigenvalue weighted by molar-refractivity contribution is 0.264. The summed E-state index contributed by atoms with van der Waals surface area (Å²) in [7, 11) is 0. The zero-order valence-corrected chi connectivity index (χ0v) is 6.85. The van der Waals surface area contributed by atoms with Crippen LogP contribution < -0.4 is 4.74 Å². The number of rotatable bonds is 2. The maximum absolute atomic E-state index is 5.23. The van der Waals surface area contributed by atoms with Gasteiger partial charge in [0.15, 0.2) is 0 Å². The molecule has 0 amide bonds. The van der Waals surface area contributed by atoms with Gasteiger partial charge < -0.3 is 9.15 Å². The Bertz CT molecular complexity index is 323. The Morgan fingerprint density at radius 3 is 3.36 bits per heavy atom. The van der Waals surface area contributed by atoms with Crippen LogP contribution in [0.5, 0.6) is 5.95 Å². The van der Waals surface area contributed by atoms with E-state index in [0.29, 0.717) is 18.3 Å². The molecule has 0 aromatic carbocycles. The van der Waals surface area contributed by atoms with Gasteiger partial charge in [0.2, 0.25) is 5.71 Å². The topological polar surface area (TPSA) is 35.3 Å². The van der Waals surface area contributed by atoms with Crippen molar-refractivity contribution >= 4 is 21.8 Å². The number of hydrogen-bond acceptors (Lipinski definition) is 4. The molecule has 0 aliphatic heterocycles. The van der Waals surface area contributed by atoms with E-state index in [4.69, 9.17) is 9.15 Å². The number of hydrogen-bond donors (Lipinski definition) is 0. The van der Waals surface area contributed by atoms with Gasteiger partial charge >= 0.3 is 0 Å². The maximum atomic E-state index is 5.23. The van der Waals surface area contributed by atoms with Crippen molar-refractivity contribution in [2.75, 3.05) is 6.61 Å². The standard InChI is InChI=1S/C7H7NO2S/c1-2-9-6-3-5-7(10-6)8-4-11-5/h3-4H,2H2,1H3. The number of aromatic nitrogens is 1. The minimum Gasteiger partial charge on any atom is -0.465 e.